The third kappa shape index (κ3) is 5.07. The van der Waals surface area contributed by atoms with Crippen molar-refractivity contribution in [1.82, 2.24) is 4.98 Å². The van der Waals surface area contributed by atoms with E-state index in [9.17, 15) is 18.3 Å². The van der Waals surface area contributed by atoms with Gasteiger partial charge in [0.2, 0.25) is 5.91 Å². The number of amides is 1. The Morgan fingerprint density at radius 3 is 2.33 bits per heavy atom. The molecule has 9 nitrogen and oxygen atoms in total. The summed E-state index contributed by atoms with van der Waals surface area (Å²) >= 11 is 0. The number of sulfonamides is 1. The first kappa shape index (κ1) is 24.0. The standard InChI is InChI=1S/C23H25N3O6S/c1-15-4-6-19(18(12-15)23(28)16-8-10-25-11-9-16)26(14-22(24)27)33(29,30)17-5-7-20(31-2)21(13-17)32-3/h4-13,23,28H,14H2,1-3H3,(H2,24,27). The van der Waals surface area contributed by atoms with Gasteiger partial charge in [-0.2, -0.15) is 0 Å². The zero-order chi connectivity index (χ0) is 24.2. The topological polar surface area (TPSA) is 132 Å². The number of aliphatic hydroxyl groups is 1. The van der Waals surface area contributed by atoms with Crippen molar-refractivity contribution in [2.24, 2.45) is 5.73 Å². The van der Waals surface area contributed by atoms with Gasteiger partial charge in [-0.15, -0.1) is 0 Å². The number of aromatic nitrogens is 1. The first-order chi connectivity index (χ1) is 15.7. The molecule has 0 bridgehead atoms. The molecule has 3 rings (SSSR count). The number of benzene rings is 2. The van der Waals surface area contributed by atoms with Gasteiger partial charge in [0.15, 0.2) is 11.5 Å². The third-order valence-electron chi connectivity index (χ3n) is 5.01. The van der Waals surface area contributed by atoms with Gasteiger partial charge >= 0.3 is 0 Å². The summed E-state index contributed by atoms with van der Waals surface area (Å²) in [5.41, 5.74) is 7.14. The van der Waals surface area contributed by atoms with Crippen LogP contribution < -0.4 is 19.5 Å². The van der Waals surface area contributed by atoms with Crippen LogP contribution in [0.15, 0.2) is 65.8 Å². The SMILES string of the molecule is COc1ccc(S(=O)(=O)N(CC(N)=O)c2ccc(C)cc2C(O)c2ccncc2)cc1OC. The zero-order valence-electron chi connectivity index (χ0n) is 18.4. The van der Waals surface area contributed by atoms with Gasteiger partial charge in [0.05, 0.1) is 24.8 Å². The third-order valence-corrected chi connectivity index (χ3v) is 6.77. The molecule has 0 fully saturated rings. The number of nitrogens with two attached hydrogens (primary N) is 1. The van der Waals surface area contributed by atoms with Gasteiger partial charge in [0.1, 0.15) is 12.6 Å². The van der Waals surface area contributed by atoms with Crippen LogP contribution in [0.4, 0.5) is 5.69 Å². The first-order valence-corrected chi connectivity index (χ1v) is 11.3. The molecule has 1 amide bonds. The Balaban J connectivity index is 2.19. The molecule has 3 N–H and O–H groups in total. The van der Waals surface area contributed by atoms with Gasteiger partial charge in [0.25, 0.3) is 10.0 Å². The van der Waals surface area contributed by atoms with Gasteiger partial charge in [-0.1, -0.05) is 17.7 Å². The zero-order valence-corrected chi connectivity index (χ0v) is 19.2. The molecule has 1 aromatic heterocycles. The number of pyridine rings is 1. The molecule has 0 saturated carbocycles. The number of hydrogen-bond donors (Lipinski definition) is 2. The number of carbonyl (C=O) groups is 1. The molecule has 174 valence electrons. The minimum absolute atomic E-state index is 0.124. The number of methoxy groups -OCH3 is 2. The van der Waals surface area contributed by atoms with Crippen molar-refractivity contribution in [2.75, 3.05) is 25.1 Å². The number of ether oxygens (including phenoxy) is 2. The molecule has 1 heterocycles. The Bertz CT molecular complexity index is 1250. The molecule has 10 heteroatoms. The second kappa shape index (κ2) is 9.88. The van der Waals surface area contributed by atoms with Crippen molar-refractivity contribution < 1.29 is 27.8 Å². The van der Waals surface area contributed by atoms with E-state index in [0.29, 0.717) is 16.9 Å². The lowest BCUT2D eigenvalue weighted by molar-refractivity contribution is -0.116. The Morgan fingerprint density at radius 1 is 1.06 bits per heavy atom. The molecule has 1 atom stereocenters. The van der Waals surface area contributed by atoms with E-state index < -0.39 is 28.6 Å². The maximum Gasteiger partial charge on any atom is 0.264 e. The molecule has 0 aliphatic heterocycles. The maximum atomic E-state index is 13.7. The Labute approximate surface area is 192 Å². The summed E-state index contributed by atoms with van der Waals surface area (Å²) in [4.78, 5) is 15.7. The summed E-state index contributed by atoms with van der Waals surface area (Å²) in [6.07, 6.45) is 1.88. The van der Waals surface area contributed by atoms with Crippen molar-refractivity contribution in [3.8, 4) is 11.5 Å². The van der Waals surface area contributed by atoms with Crippen LogP contribution in [-0.2, 0) is 14.8 Å². The van der Waals surface area contributed by atoms with Crippen molar-refractivity contribution >= 4 is 21.6 Å². The van der Waals surface area contributed by atoms with E-state index in [4.69, 9.17) is 15.2 Å². The second-order valence-electron chi connectivity index (χ2n) is 7.24. The van der Waals surface area contributed by atoms with E-state index >= 15 is 0 Å². The Hall–Kier alpha value is -3.63. The molecule has 0 aliphatic carbocycles. The van der Waals surface area contributed by atoms with E-state index in [1.54, 1.807) is 24.3 Å². The van der Waals surface area contributed by atoms with E-state index in [0.717, 1.165) is 9.87 Å². The van der Waals surface area contributed by atoms with Crippen LogP contribution in [0.1, 0.15) is 22.8 Å². The van der Waals surface area contributed by atoms with Crippen LogP contribution >= 0.6 is 0 Å². The van der Waals surface area contributed by atoms with Crippen LogP contribution in [0.25, 0.3) is 0 Å². The average Bonchev–Trinajstić information content (AvgIpc) is 2.82. The lowest BCUT2D eigenvalue weighted by Gasteiger charge is -2.27. The fourth-order valence-corrected chi connectivity index (χ4v) is 4.86. The van der Waals surface area contributed by atoms with Crippen LogP contribution in [0.2, 0.25) is 0 Å². The molecule has 3 aromatic rings. The number of primary amides is 1. The number of aliphatic hydroxyl groups excluding tert-OH is 1. The van der Waals surface area contributed by atoms with E-state index in [2.05, 4.69) is 4.98 Å². The molecule has 0 spiro atoms. The van der Waals surface area contributed by atoms with Gasteiger partial charge in [-0.3, -0.25) is 14.1 Å². The monoisotopic (exact) mass is 471 g/mol. The average molecular weight is 472 g/mol. The van der Waals surface area contributed by atoms with Gasteiger partial charge in [-0.25, -0.2) is 8.42 Å². The van der Waals surface area contributed by atoms with Gasteiger partial charge in [-0.05, 0) is 42.8 Å². The molecular formula is C23H25N3O6S. The summed E-state index contributed by atoms with van der Waals surface area (Å²) in [6, 6.07) is 12.2. The second-order valence-corrected chi connectivity index (χ2v) is 9.10. The van der Waals surface area contributed by atoms with E-state index in [-0.39, 0.29) is 16.3 Å². The van der Waals surface area contributed by atoms with E-state index in [1.165, 1.54) is 50.9 Å². The molecule has 33 heavy (non-hydrogen) atoms. The minimum Gasteiger partial charge on any atom is -0.493 e. The van der Waals surface area contributed by atoms with Crippen molar-refractivity contribution in [3.63, 3.8) is 0 Å². The van der Waals surface area contributed by atoms with Gasteiger partial charge in [0, 0.05) is 24.0 Å². The number of nitrogens with zero attached hydrogens (tertiary/aromatic N) is 2. The summed E-state index contributed by atoms with van der Waals surface area (Å²) in [6.45, 7) is 1.18. The first-order valence-electron chi connectivity index (χ1n) is 9.90. The largest absolute Gasteiger partial charge is 0.493 e. The van der Waals surface area contributed by atoms with Crippen molar-refractivity contribution in [2.45, 2.75) is 17.9 Å². The molecule has 0 radical (unpaired) electrons. The Kier molecular flexibility index (Phi) is 7.19. The molecule has 2 aromatic carbocycles. The lowest BCUT2D eigenvalue weighted by Crippen LogP contribution is -2.39. The normalized spacial score (nSPS) is 12.1. The maximum absolute atomic E-state index is 13.7. The number of anilines is 1. The number of rotatable bonds is 9. The van der Waals surface area contributed by atoms with Crippen LogP contribution in [-0.4, -0.2) is 45.2 Å². The van der Waals surface area contributed by atoms with E-state index in [1.807, 2.05) is 6.92 Å². The summed E-state index contributed by atoms with van der Waals surface area (Å²) in [5, 5.41) is 11.1. The van der Waals surface area contributed by atoms with Crippen molar-refractivity contribution in [1.29, 1.82) is 0 Å². The predicted octanol–water partition coefficient (Wildman–Crippen LogP) is 2.17. The highest BCUT2D eigenvalue weighted by Crippen LogP contribution is 2.36. The summed E-state index contributed by atoms with van der Waals surface area (Å²) in [5.74, 6) is -0.301. The number of aryl methyl sites for hydroxylation is 1. The predicted molar refractivity (Wildman–Crippen MR) is 123 cm³/mol. The number of hydrogen-bond acceptors (Lipinski definition) is 7. The highest BCUT2D eigenvalue weighted by atomic mass is 32.2. The quantitative estimate of drug-likeness (QED) is 0.489. The van der Waals surface area contributed by atoms with Crippen LogP contribution in [0.3, 0.4) is 0 Å². The summed E-state index contributed by atoms with van der Waals surface area (Å²) in [7, 11) is -1.46. The molecule has 0 saturated heterocycles. The molecule has 0 aliphatic rings. The number of carbonyl (C=O) groups excluding carboxylic acids is 1. The van der Waals surface area contributed by atoms with Crippen LogP contribution in [0, 0.1) is 6.92 Å². The fourth-order valence-electron chi connectivity index (χ4n) is 3.39. The minimum atomic E-state index is -4.28. The summed E-state index contributed by atoms with van der Waals surface area (Å²) < 4.78 is 38.6. The molecular weight excluding hydrogens is 446 g/mol. The van der Waals surface area contributed by atoms with Crippen molar-refractivity contribution in [3.05, 3.63) is 77.6 Å². The van der Waals surface area contributed by atoms with Crippen LogP contribution in [0.5, 0.6) is 11.5 Å². The van der Waals surface area contributed by atoms with Gasteiger partial charge < -0.3 is 20.3 Å². The Morgan fingerprint density at radius 2 is 1.73 bits per heavy atom. The molecule has 1 unspecified atom stereocenters. The highest BCUT2D eigenvalue weighted by molar-refractivity contribution is 7.92. The lowest BCUT2D eigenvalue weighted by atomic mass is 9.99. The smallest absolute Gasteiger partial charge is 0.264 e. The highest BCUT2D eigenvalue weighted by Gasteiger charge is 2.31. The fraction of sp³-hybridized carbons (Fsp3) is 0.217.